The molecule has 0 aliphatic carbocycles. The number of hydrogen-bond donors (Lipinski definition) is 0. The van der Waals surface area contributed by atoms with E-state index in [0.717, 1.165) is 70.5 Å². The van der Waals surface area contributed by atoms with Crippen molar-refractivity contribution in [3.05, 3.63) is 42.2 Å². The second-order valence-electron chi connectivity index (χ2n) is 7.17. The minimum absolute atomic E-state index is 0.0187. The molecular formula is C20H27N7O. The zero-order valence-corrected chi connectivity index (χ0v) is 16.4. The molecule has 0 atom stereocenters. The van der Waals surface area contributed by atoms with E-state index < -0.39 is 0 Å². The van der Waals surface area contributed by atoms with Gasteiger partial charge in [0, 0.05) is 58.6 Å². The number of pyridine rings is 1. The first-order valence-corrected chi connectivity index (χ1v) is 10.0. The molecule has 2 aromatic rings. The SMILES string of the molecule is CCN1CCN(C(=O)c2ccc(N3CCN(c4ccccn4)CC3)nn2)CC1. The van der Waals surface area contributed by atoms with Crippen LogP contribution in [0.5, 0.6) is 0 Å². The molecule has 4 rings (SSSR count). The van der Waals surface area contributed by atoms with Crippen molar-refractivity contribution in [2.24, 2.45) is 0 Å². The number of nitrogens with zero attached hydrogens (tertiary/aromatic N) is 7. The van der Waals surface area contributed by atoms with Crippen LogP contribution in [0.1, 0.15) is 17.4 Å². The second kappa shape index (κ2) is 8.52. The number of anilines is 2. The molecule has 4 heterocycles. The van der Waals surface area contributed by atoms with Crippen molar-refractivity contribution in [1.82, 2.24) is 25.0 Å². The van der Waals surface area contributed by atoms with E-state index in [2.05, 4.69) is 36.8 Å². The molecule has 0 saturated carbocycles. The number of likely N-dealkylation sites (N-methyl/N-ethyl adjacent to an activating group) is 1. The first kappa shape index (κ1) is 18.6. The Bertz CT molecular complexity index is 767. The summed E-state index contributed by atoms with van der Waals surface area (Å²) in [5, 5.41) is 8.55. The van der Waals surface area contributed by atoms with Crippen LogP contribution >= 0.6 is 0 Å². The Morgan fingerprint density at radius 1 is 0.857 bits per heavy atom. The normalized spacial score (nSPS) is 18.4. The zero-order valence-electron chi connectivity index (χ0n) is 16.4. The number of carbonyl (C=O) groups excluding carboxylic acids is 1. The number of rotatable bonds is 4. The molecule has 0 spiro atoms. The lowest BCUT2D eigenvalue weighted by Gasteiger charge is -2.36. The predicted molar refractivity (Wildman–Crippen MR) is 109 cm³/mol. The van der Waals surface area contributed by atoms with Gasteiger partial charge in [-0.3, -0.25) is 4.79 Å². The van der Waals surface area contributed by atoms with Crippen LogP contribution in [0.4, 0.5) is 11.6 Å². The lowest BCUT2D eigenvalue weighted by atomic mass is 10.2. The largest absolute Gasteiger partial charge is 0.353 e. The van der Waals surface area contributed by atoms with Crippen molar-refractivity contribution >= 4 is 17.5 Å². The smallest absolute Gasteiger partial charge is 0.274 e. The molecule has 28 heavy (non-hydrogen) atoms. The van der Waals surface area contributed by atoms with Gasteiger partial charge in [-0.15, -0.1) is 10.2 Å². The van der Waals surface area contributed by atoms with Crippen molar-refractivity contribution in [3.8, 4) is 0 Å². The van der Waals surface area contributed by atoms with Gasteiger partial charge in [-0.1, -0.05) is 13.0 Å². The highest BCUT2D eigenvalue weighted by Crippen LogP contribution is 2.17. The number of piperazine rings is 2. The van der Waals surface area contributed by atoms with Gasteiger partial charge in [0.2, 0.25) is 0 Å². The molecule has 0 unspecified atom stereocenters. The quantitative estimate of drug-likeness (QED) is 0.782. The van der Waals surface area contributed by atoms with E-state index in [0.29, 0.717) is 5.69 Å². The summed E-state index contributed by atoms with van der Waals surface area (Å²) in [5.41, 5.74) is 0.431. The van der Waals surface area contributed by atoms with Crippen LogP contribution in [-0.2, 0) is 0 Å². The Hall–Kier alpha value is -2.74. The Morgan fingerprint density at radius 3 is 2.14 bits per heavy atom. The molecule has 1 amide bonds. The maximum atomic E-state index is 12.7. The van der Waals surface area contributed by atoms with E-state index in [1.807, 2.05) is 41.4 Å². The van der Waals surface area contributed by atoms with Gasteiger partial charge < -0.3 is 19.6 Å². The Morgan fingerprint density at radius 2 is 1.57 bits per heavy atom. The molecule has 148 valence electrons. The molecule has 2 fully saturated rings. The van der Waals surface area contributed by atoms with Gasteiger partial charge in [0.1, 0.15) is 5.82 Å². The topological polar surface area (TPSA) is 68.7 Å². The number of carbonyl (C=O) groups is 1. The van der Waals surface area contributed by atoms with Crippen molar-refractivity contribution in [1.29, 1.82) is 0 Å². The highest BCUT2D eigenvalue weighted by molar-refractivity contribution is 5.92. The fourth-order valence-corrected chi connectivity index (χ4v) is 3.74. The van der Waals surface area contributed by atoms with Gasteiger partial charge in [0.05, 0.1) is 0 Å². The van der Waals surface area contributed by atoms with E-state index in [1.165, 1.54) is 0 Å². The average Bonchev–Trinajstić information content (AvgIpc) is 2.79. The summed E-state index contributed by atoms with van der Waals surface area (Å²) in [6.07, 6.45) is 1.82. The zero-order chi connectivity index (χ0) is 19.3. The van der Waals surface area contributed by atoms with Crippen LogP contribution in [-0.4, -0.2) is 89.8 Å². The van der Waals surface area contributed by atoms with Crippen molar-refractivity contribution in [3.63, 3.8) is 0 Å². The molecule has 8 nitrogen and oxygen atoms in total. The number of hydrogen-bond acceptors (Lipinski definition) is 7. The molecular weight excluding hydrogens is 354 g/mol. The third kappa shape index (κ3) is 4.06. The van der Waals surface area contributed by atoms with Gasteiger partial charge in [-0.25, -0.2) is 4.98 Å². The van der Waals surface area contributed by atoms with Gasteiger partial charge in [0.15, 0.2) is 11.5 Å². The Kier molecular flexibility index (Phi) is 5.66. The van der Waals surface area contributed by atoms with Crippen LogP contribution in [0.25, 0.3) is 0 Å². The Balaban J connectivity index is 1.33. The summed E-state index contributed by atoms with van der Waals surface area (Å²) in [5.74, 6) is 1.82. The fourth-order valence-electron chi connectivity index (χ4n) is 3.74. The number of amides is 1. The summed E-state index contributed by atoms with van der Waals surface area (Å²) in [7, 11) is 0. The maximum absolute atomic E-state index is 12.7. The summed E-state index contributed by atoms with van der Waals surface area (Å²) in [6, 6.07) is 9.71. The lowest BCUT2D eigenvalue weighted by Crippen LogP contribution is -2.48. The molecule has 0 radical (unpaired) electrons. The standard InChI is InChI=1S/C20H27N7O/c1-2-24-9-11-27(12-10-24)20(28)17-6-7-19(23-22-17)26-15-13-25(14-16-26)18-5-3-4-8-21-18/h3-8H,2,9-16H2,1H3. The molecule has 0 aromatic carbocycles. The lowest BCUT2D eigenvalue weighted by molar-refractivity contribution is 0.0636. The third-order valence-electron chi connectivity index (χ3n) is 5.55. The van der Waals surface area contributed by atoms with Crippen LogP contribution in [0.3, 0.4) is 0 Å². The molecule has 2 aliphatic rings. The van der Waals surface area contributed by atoms with E-state index in [9.17, 15) is 4.79 Å². The minimum atomic E-state index is -0.0187. The molecule has 0 bridgehead atoms. The average molecular weight is 381 g/mol. The van der Waals surface area contributed by atoms with E-state index in [4.69, 9.17) is 0 Å². The maximum Gasteiger partial charge on any atom is 0.274 e. The molecule has 2 aromatic heterocycles. The van der Waals surface area contributed by atoms with Gasteiger partial charge >= 0.3 is 0 Å². The summed E-state index contributed by atoms with van der Waals surface area (Å²) >= 11 is 0. The fraction of sp³-hybridized carbons (Fsp3) is 0.500. The molecule has 2 aliphatic heterocycles. The first-order chi connectivity index (χ1) is 13.7. The molecule has 2 saturated heterocycles. The number of aromatic nitrogens is 3. The van der Waals surface area contributed by atoms with Crippen molar-refractivity contribution in [2.75, 3.05) is 68.7 Å². The highest BCUT2D eigenvalue weighted by atomic mass is 16.2. The van der Waals surface area contributed by atoms with Crippen LogP contribution in [0, 0.1) is 0 Å². The van der Waals surface area contributed by atoms with Gasteiger partial charge in [0.25, 0.3) is 5.91 Å². The second-order valence-corrected chi connectivity index (χ2v) is 7.17. The predicted octanol–water partition coefficient (Wildman–Crippen LogP) is 0.976. The first-order valence-electron chi connectivity index (χ1n) is 10.0. The van der Waals surface area contributed by atoms with Crippen LogP contribution in [0.2, 0.25) is 0 Å². The van der Waals surface area contributed by atoms with Gasteiger partial charge in [-0.05, 0) is 30.8 Å². The molecule has 0 N–H and O–H groups in total. The summed E-state index contributed by atoms with van der Waals surface area (Å²) < 4.78 is 0. The molecule has 8 heteroatoms. The monoisotopic (exact) mass is 381 g/mol. The van der Waals surface area contributed by atoms with E-state index >= 15 is 0 Å². The summed E-state index contributed by atoms with van der Waals surface area (Å²) in [4.78, 5) is 25.8. The third-order valence-corrected chi connectivity index (χ3v) is 5.55. The Labute approximate surface area is 165 Å². The summed E-state index contributed by atoms with van der Waals surface area (Å²) in [6.45, 7) is 10.0. The van der Waals surface area contributed by atoms with Gasteiger partial charge in [-0.2, -0.15) is 0 Å². The van der Waals surface area contributed by atoms with E-state index in [-0.39, 0.29) is 5.91 Å². The van der Waals surface area contributed by atoms with Crippen molar-refractivity contribution < 1.29 is 4.79 Å². The van der Waals surface area contributed by atoms with Crippen LogP contribution in [0.15, 0.2) is 36.5 Å². The van der Waals surface area contributed by atoms with E-state index in [1.54, 1.807) is 0 Å². The highest BCUT2D eigenvalue weighted by Gasteiger charge is 2.23. The minimum Gasteiger partial charge on any atom is -0.353 e. The van der Waals surface area contributed by atoms with Crippen LogP contribution < -0.4 is 9.80 Å². The van der Waals surface area contributed by atoms with Crippen molar-refractivity contribution in [2.45, 2.75) is 6.92 Å².